The Bertz CT molecular complexity index is 387. The van der Waals surface area contributed by atoms with E-state index in [0.29, 0.717) is 12.5 Å². The van der Waals surface area contributed by atoms with Crippen molar-refractivity contribution in [3.63, 3.8) is 0 Å². The highest BCUT2D eigenvalue weighted by Gasteiger charge is 2.27. The number of carboxylic acid groups (broad SMARTS) is 1. The largest absolute Gasteiger partial charge is 0.481 e. The minimum Gasteiger partial charge on any atom is -0.481 e. The van der Waals surface area contributed by atoms with Gasteiger partial charge >= 0.3 is 5.97 Å². The lowest BCUT2D eigenvalue weighted by Gasteiger charge is -2.31. The van der Waals surface area contributed by atoms with Gasteiger partial charge in [-0.15, -0.1) is 0 Å². The maximum Gasteiger partial charge on any atom is 0.312 e. The first-order valence-electron chi connectivity index (χ1n) is 6.33. The quantitative estimate of drug-likeness (QED) is 0.709. The zero-order chi connectivity index (χ0) is 13.0. The van der Waals surface area contributed by atoms with Crippen molar-refractivity contribution < 1.29 is 15.0 Å². The van der Waals surface area contributed by atoms with Crippen molar-refractivity contribution in [2.75, 3.05) is 13.1 Å². The molecule has 3 N–H and O–H groups in total. The average Bonchev–Trinajstić information content (AvgIpc) is 2.32. The number of carboxylic acids is 1. The Kier molecular flexibility index (Phi) is 4.33. The number of hydrogen-bond acceptors (Lipinski definition) is 3. The molecule has 98 valence electrons. The van der Waals surface area contributed by atoms with Crippen LogP contribution in [-0.4, -0.2) is 35.4 Å². The third-order valence-electron chi connectivity index (χ3n) is 3.49. The lowest BCUT2D eigenvalue weighted by molar-refractivity contribution is -0.138. The monoisotopic (exact) mass is 249 g/mol. The summed E-state index contributed by atoms with van der Waals surface area (Å²) in [7, 11) is 0. The smallest absolute Gasteiger partial charge is 0.312 e. The Labute approximate surface area is 107 Å². The van der Waals surface area contributed by atoms with Gasteiger partial charge in [-0.05, 0) is 30.9 Å². The number of aliphatic hydroxyl groups excluding tert-OH is 1. The van der Waals surface area contributed by atoms with Crippen molar-refractivity contribution in [3.8, 4) is 0 Å². The Morgan fingerprint density at radius 1 is 1.33 bits per heavy atom. The molecule has 1 saturated carbocycles. The molecule has 0 amide bonds. The molecule has 18 heavy (non-hydrogen) atoms. The Morgan fingerprint density at radius 3 is 2.56 bits per heavy atom. The molecular formula is C14H19NO3. The lowest BCUT2D eigenvalue weighted by Crippen LogP contribution is -2.38. The van der Waals surface area contributed by atoms with Gasteiger partial charge in [-0.3, -0.25) is 4.79 Å². The Hall–Kier alpha value is -1.39. The minimum atomic E-state index is -0.803. The number of rotatable bonds is 6. The maximum atomic E-state index is 11.2. The summed E-state index contributed by atoms with van der Waals surface area (Å²) in [5, 5.41) is 21.6. The molecule has 1 aromatic carbocycles. The van der Waals surface area contributed by atoms with Gasteiger partial charge in [-0.1, -0.05) is 30.3 Å². The molecule has 0 bridgehead atoms. The van der Waals surface area contributed by atoms with Gasteiger partial charge in [0, 0.05) is 6.54 Å². The molecule has 1 aromatic rings. The molecule has 2 rings (SSSR count). The second-order valence-corrected chi connectivity index (χ2v) is 4.95. The summed E-state index contributed by atoms with van der Waals surface area (Å²) in [4.78, 5) is 11.2. The molecule has 0 aromatic heterocycles. The third-order valence-corrected chi connectivity index (χ3v) is 3.49. The molecule has 1 fully saturated rings. The van der Waals surface area contributed by atoms with E-state index < -0.39 is 11.9 Å². The number of carbonyl (C=O) groups is 1. The van der Waals surface area contributed by atoms with E-state index in [2.05, 4.69) is 5.32 Å². The molecule has 0 heterocycles. The van der Waals surface area contributed by atoms with Gasteiger partial charge in [0.1, 0.15) is 0 Å². The minimum absolute atomic E-state index is 0.152. The van der Waals surface area contributed by atoms with Crippen LogP contribution in [0.25, 0.3) is 0 Å². The Morgan fingerprint density at radius 2 is 2.00 bits per heavy atom. The first-order chi connectivity index (χ1) is 8.66. The molecule has 4 nitrogen and oxygen atoms in total. The van der Waals surface area contributed by atoms with E-state index in [1.807, 2.05) is 30.3 Å². The van der Waals surface area contributed by atoms with Crippen molar-refractivity contribution in [1.29, 1.82) is 0 Å². The summed E-state index contributed by atoms with van der Waals surface area (Å²) in [5.41, 5.74) is 0.825. The van der Waals surface area contributed by atoms with E-state index in [1.54, 1.807) is 0 Å². The number of nitrogens with one attached hydrogen (secondary N) is 1. The topological polar surface area (TPSA) is 69.6 Å². The summed E-state index contributed by atoms with van der Waals surface area (Å²) in [6.45, 7) is 1.22. The van der Waals surface area contributed by atoms with Gasteiger partial charge in [0.05, 0.1) is 12.0 Å². The van der Waals surface area contributed by atoms with Gasteiger partial charge < -0.3 is 15.5 Å². The summed E-state index contributed by atoms with van der Waals surface area (Å²) in [6.07, 6.45) is 1.51. The Balaban J connectivity index is 1.82. The first kappa shape index (κ1) is 13.1. The van der Waals surface area contributed by atoms with Gasteiger partial charge in [0.25, 0.3) is 0 Å². The van der Waals surface area contributed by atoms with Crippen LogP contribution in [0.5, 0.6) is 0 Å². The molecule has 0 aliphatic heterocycles. The van der Waals surface area contributed by atoms with Crippen LogP contribution >= 0.6 is 0 Å². The molecule has 0 radical (unpaired) electrons. The highest BCUT2D eigenvalue weighted by Crippen LogP contribution is 2.26. The summed E-state index contributed by atoms with van der Waals surface area (Å²) in [5.74, 6) is -0.816. The number of hydrogen-bond donors (Lipinski definition) is 3. The van der Waals surface area contributed by atoms with Crippen LogP contribution < -0.4 is 5.32 Å². The van der Waals surface area contributed by atoms with Crippen molar-refractivity contribution in [2.45, 2.75) is 24.9 Å². The van der Waals surface area contributed by atoms with Gasteiger partial charge in [-0.25, -0.2) is 0 Å². The highest BCUT2D eigenvalue weighted by molar-refractivity contribution is 5.76. The van der Waals surface area contributed by atoms with Crippen LogP contribution in [0.3, 0.4) is 0 Å². The predicted octanol–water partition coefficient (Wildman–Crippen LogP) is 1.22. The second-order valence-electron chi connectivity index (χ2n) is 4.95. The van der Waals surface area contributed by atoms with E-state index in [1.165, 1.54) is 0 Å². The van der Waals surface area contributed by atoms with E-state index in [0.717, 1.165) is 24.9 Å². The number of benzene rings is 1. The number of aliphatic carboxylic acids is 1. The fourth-order valence-corrected chi connectivity index (χ4v) is 2.33. The molecule has 4 heteroatoms. The van der Waals surface area contributed by atoms with Crippen LogP contribution in [0.15, 0.2) is 30.3 Å². The molecule has 0 spiro atoms. The normalized spacial score (nSPS) is 24.3. The highest BCUT2D eigenvalue weighted by atomic mass is 16.4. The molecule has 1 atom stereocenters. The van der Waals surface area contributed by atoms with Crippen LogP contribution in [-0.2, 0) is 4.79 Å². The van der Waals surface area contributed by atoms with Crippen LogP contribution in [0.2, 0.25) is 0 Å². The van der Waals surface area contributed by atoms with E-state index in [-0.39, 0.29) is 6.10 Å². The SMILES string of the molecule is O=C(O)C(CNCC1CC(O)C1)c1ccccc1. The summed E-state index contributed by atoms with van der Waals surface area (Å²) >= 11 is 0. The van der Waals surface area contributed by atoms with Gasteiger partial charge in [0.2, 0.25) is 0 Å². The zero-order valence-corrected chi connectivity index (χ0v) is 10.2. The second kappa shape index (κ2) is 5.98. The lowest BCUT2D eigenvalue weighted by atomic mass is 9.82. The molecule has 0 saturated heterocycles. The fraction of sp³-hybridized carbons (Fsp3) is 0.500. The fourth-order valence-electron chi connectivity index (χ4n) is 2.33. The molecule has 1 aliphatic carbocycles. The van der Waals surface area contributed by atoms with E-state index in [4.69, 9.17) is 0 Å². The van der Waals surface area contributed by atoms with Crippen molar-refractivity contribution >= 4 is 5.97 Å². The van der Waals surface area contributed by atoms with Crippen molar-refractivity contribution in [3.05, 3.63) is 35.9 Å². The van der Waals surface area contributed by atoms with E-state index >= 15 is 0 Å². The zero-order valence-electron chi connectivity index (χ0n) is 10.2. The van der Waals surface area contributed by atoms with E-state index in [9.17, 15) is 15.0 Å². The number of aliphatic hydroxyl groups is 1. The molecule has 1 aliphatic rings. The summed E-state index contributed by atoms with van der Waals surface area (Å²) in [6, 6.07) is 9.27. The maximum absolute atomic E-state index is 11.2. The summed E-state index contributed by atoms with van der Waals surface area (Å²) < 4.78 is 0. The first-order valence-corrected chi connectivity index (χ1v) is 6.33. The molecular weight excluding hydrogens is 230 g/mol. The van der Waals surface area contributed by atoms with Crippen LogP contribution in [0, 0.1) is 5.92 Å². The van der Waals surface area contributed by atoms with Gasteiger partial charge in [-0.2, -0.15) is 0 Å². The van der Waals surface area contributed by atoms with Crippen LogP contribution in [0.1, 0.15) is 24.3 Å². The standard InChI is InChI=1S/C14H19NO3/c16-12-6-10(7-12)8-15-9-13(14(17)18)11-4-2-1-3-5-11/h1-5,10,12-13,15-16H,6-9H2,(H,17,18). The van der Waals surface area contributed by atoms with Crippen molar-refractivity contribution in [1.82, 2.24) is 5.32 Å². The van der Waals surface area contributed by atoms with Gasteiger partial charge in [0.15, 0.2) is 0 Å². The molecule has 1 unspecified atom stereocenters. The predicted molar refractivity (Wildman–Crippen MR) is 68.4 cm³/mol. The van der Waals surface area contributed by atoms with Crippen molar-refractivity contribution in [2.24, 2.45) is 5.92 Å². The average molecular weight is 249 g/mol. The third kappa shape index (κ3) is 3.31. The van der Waals surface area contributed by atoms with Crippen LogP contribution in [0.4, 0.5) is 0 Å².